The summed E-state index contributed by atoms with van der Waals surface area (Å²) >= 11 is 5.97. The van der Waals surface area contributed by atoms with Gasteiger partial charge in [0.1, 0.15) is 11.5 Å². The van der Waals surface area contributed by atoms with Crippen LogP contribution >= 0.6 is 11.6 Å². The van der Waals surface area contributed by atoms with E-state index in [9.17, 15) is 9.59 Å². The van der Waals surface area contributed by atoms with Gasteiger partial charge in [0.05, 0.1) is 19.1 Å². The quantitative estimate of drug-likeness (QED) is 0.584. The minimum absolute atomic E-state index is 0.308. The van der Waals surface area contributed by atoms with Gasteiger partial charge < -0.3 is 19.8 Å². The van der Waals surface area contributed by atoms with Crippen LogP contribution in [0.3, 0.4) is 0 Å². The topological polar surface area (TPSA) is 80.6 Å². The molecule has 3 aromatic rings. The summed E-state index contributed by atoms with van der Waals surface area (Å²) in [6, 6.07) is 14.9. The van der Waals surface area contributed by atoms with E-state index in [0.717, 1.165) is 0 Å². The molecule has 0 aliphatic rings. The molecule has 0 saturated carbocycles. The molecule has 142 valence electrons. The van der Waals surface area contributed by atoms with Gasteiger partial charge in [-0.15, -0.1) is 0 Å². The number of methoxy groups -OCH3 is 1. The molecule has 0 atom stereocenters. The van der Waals surface area contributed by atoms with E-state index in [4.69, 9.17) is 20.8 Å². The second kappa shape index (κ2) is 8.92. The Labute approximate surface area is 166 Å². The SMILES string of the molecule is COc1ccc(Cl)cc1NC(=O)c1ccc(NC(=O)C=Cc2ccco2)cc1. The van der Waals surface area contributed by atoms with Crippen molar-refractivity contribution in [1.29, 1.82) is 0 Å². The first-order valence-corrected chi connectivity index (χ1v) is 8.70. The molecular formula is C21H17ClN2O4. The monoisotopic (exact) mass is 396 g/mol. The third kappa shape index (κ3) is 5.02. The van der Waals surface area contributed by atoms with Crippen LogP contribution in [0.1, 0.15) is 16.1 Å². The van der Waals surface area contributed by atoms with Crippen LogP contribution in [-0.2, 0) is 4.79 Å². The second-order valence-corrected chi connectivity index (χ2v) is 6.15. The summed E-state index contributed by atoms with van der Waals surface area (Å²) in [4.78, 5) is 24.4. The largest absolute Gasteiger partial charge is 0.495 e. The number of anilines is 2. The summed E-state index contributed by atoms with van der Waals surface area (Å²) in [7, 11) is 1.51. The number of hydrogen-bond acceptors (Lipinski definition) is 4. The molecule has 0 spiro atoms. The van der Waals surface area contributed by atoms with Crippen LogP contribution in [0.15, 0.2) is 71.4 Å². The maximum atomic E-state index is 12.4. The van der Waals surface area contributed by atoms with E-state index in [-0.39, 0.29) is 11.8 Å². The standard InChI is InChI=1S/C21H17ClN2O4/c1-27-19-10-6-15(22)13-18(19)24-21(26)14-4-7-16(8-5-14)23-20(25)11-9-17-3-2-12-28-17/h2-13H,1H3,(H,23,25)(H,24,26). The lowest BCUT2D eigenvalue weighted by molar-refractivity contribution is -0.111. The molecule has 7 heteroatoms. The summed E-state index contributed by atoms with van der Waals surface area (Å²) in [5.74, 6) is 0.456. The van der Waals surface area contributed by atoms with Crippen LogP contribution in [-0.4, -0.2) is 18.9 Å². The highest BCUT2D eigenvalue weighted by atomic mass is 35.5. The number of benzene rings is 2. The van der Waals surface area contributed by atoms with Gasteiger partial charge in [-0.2, -0.15) is 0 Å². The molecule has 3 rings (SSSR count). The zero-order chi connectivity index (χ0) is 19.9. The minimum Gasteiger partial charge on any atom is -0.495 e. The van der Waals surface area contributed by atoms with E-state index in [1.165, 1.54) is 19.4 Å². The summed E-state index contributed by atoms with van der Waals surface area (Å²) in [5.41, 5.74) is 1.46. The number of hydrogen-bond donors (Lipinski definition) is 2. The lowest BCUT2D eigenvalue weighted by Crippen LogP contribution is -2.13. The first-order chi connectivity index (χ1) is 13.5. The molecular weight excluding hydrogens is 380 g/mol. The average molecular weight is 397 g/mol. The lowest BCUT2D eigenvalue weighted by Gasteiger charge is -2.11. The van der Waals surface area contributed by atoms with Gasteiger partial charge in [-0.3, -0.25) is 9.59 Å². The van der Waals surface area contributed by atoms with Crippen molar-refractivity contribution in [2.24, 2.45) is 0 Å². The van der Waals surface area contributed by atoms with Gasteiger partial charge >= 0.3 is 0 Å². The maximum absolute atomic E-state index is 12.4. The number of carbonyl (C=O) groups is 2. The number of nitrogens with one attached hydrogen (secondary N) is 2. The Hall–Kier alpha value is -3.51. The van der Waals surface area contributed by atoms with E-state index in [0.29, 0.717) is 33.5 Å². The molecule has 1 aromatic heterocycles. The number of amides is 2. The van der Waals surface area contributed by atoms with Crippen LogP contribution in [0.5, 0.6) is 5.75 Å². The molecule has 28 heavy (non-hydrogen) atoms. The zero-order valence-electron chi connectivity index (χ0n) is 14.9. The van der Waals surface area contributed by atoms with Crippen LogP contribution in [0.2, 0.25) is 5.02 Å². The molecule has 0 aliphatic heterocycles. The molecule has 2 N–H and O–H groups in total. The molecule has 0 unspecified atom stereocenters. The fourth-order valence-corrected chi connectivity index (χ4v) is 2.58. The van der Waals surface area contributed by atoms with E-state index >= 15 is 0 Å². The van der Waals surface area contributed by atoms with Crippen molar-refractivity contribution in [1.82, 2.24) is 0 Å². The normalized spacial score (nSPS) is 10.6. The fraction of sp³-hybridized carbons (Fsp3) is 0.0476. The Kier molecular flexibility index (Phi) is 6.14. The van der Waals surface area contributed by atoms with E-state index in [1.807, 2.05) is 0 Å². The van der Waals surface area contributed by atoms with Crippen LogP contribution in [0, 0.1) is 0 Å². The van der Waals surface area contributed by atoms with Crippen molar-refractivity contribution in [2.45, 2.75) is 0 Å². The highest BCUT2D eigenvalue weighted by Gasteiger charge is 2.11. The van der Waals surface area contributed by atoms with Crippen molar-refractivity contribution in [3.63, 3.8) is 0 Å². The van der Waals surface area contributed by atoms with Crippen molar-refractivity contribution in [3.8, 4) is 5.75 Å². The molecule has 6 nitrogen and oxygen atoms in total. The van der Waals surface area contributed by atoms with Crippen molar-refractivity contribution < 1.29 is 18.7 Å². The summed E-state index contributed by atoms with van der Waals surface area (Å²) in [5, 5.41) is 5.95. The number of rotatable bonds is 6. The van der Waals surface area contributed by atoms with Gasteiger partial charge in [-0.05, 0) is 60.7 Å². The zero-order valence-corrected chi connectivity index (χ0v) is 15.7. The molecule has 0 radical (unpaired) electrons. The van der Waals surface area contributed by atoms with Gasteiger partial charge in [0.2, 0.25) is 5.91 Å². The molecule has 0 aliphatic carbocycles. The summed E-state index contributed by atoms with van der Waals surface area (Å²) in [6.07, 6.45) is 4.46. The maximum Gasteiger partial charge on any atom is 0.255 e. The Morgan fingerprint density at radius 2 is 1.86 bits per heavy atom. The van der Waals surface area contributed by atoms with Crippen LogP contribution in [0.25, 0.3) is 6.08 Å². The predicted molar refractivity (Wildman–Crippen MR) is 109 cm³/mol. The molecule has 0 saturated heterocycles. The fourth-order valence-electron chi connectivity index (χ4n) is 2.41. The van der Waals surface area contributed by atoms with Gasteiger partial charge in [-0.1, -0.05) is 11.6 Å². The Bertz CT molecular complexity index is 996. The Balaban J connectivity index is 1.63. The molecule has 2 aromatic carbocycles. The van der Waals surface area contributed by atoms with Crippen molar-refractivity contribution in [3.05, 3.63) is 83.3 Å². The predicted octanol–water partition coefficient (Wildman–Crippen LogP) is 4.85. The van der Waals surface area contributed by atoms with E-state index in [1.54, 1.807) is 60.7 Å². The first-order valence-electron chi connectivity index (χ1n) is 8.32. The highest BCUT2D eigenvalue weighted by Crippen LogP contribution is 2.28. The third-order valence-corrected chi connectivity index (χ3v) is 4.00. The molecule has 0 fully saturated rings. The molecule has 1 heterocycles. The lowest BCUT2D eigenvalue weighted by atomic mass is 10.2. The van der Waals surface area contributed by atoms with Crippen LogP contribution < -0.4 is 15.4 Å². The number of ether oxygens (including phenoxy) is 1. The molecule has 0 bridgehead atoms. The Morgan fingerprint density at radius 1 is 1.07 bits per heavy atom. The van der Waals surface area contributed by atoms with Crippen LogP contribution in [0.4, 0.5) is 11.4 Å². The number of carbonyl (C=O) groups excluding carboxylic acids is 2. The highest BCUT2D eigenvalue weighted by molar-refractivity contribution is 6.31. The number of furan rings is 1. The Morgan fingerprint density at radius 3 is 2.54 bits per heavy atom. The molecule has 2 amide bonds. The van der Waals surface area contributed by atoms with Crippen molar-refractivity contribution in [2.75, 3.05) is 17.7 Å². The summed E-state index contributed by atoms with van der Waals surface area (Å²) < 4.78 is 10.3. The van der Waals surface area contributed by atoms with Crippen molar-refractivity contribution >= 4 is 40.9 Å². The van der Waals surface area contributed by atoms with Gasteiger partial charge in [0, 0.05) is 22.3 Å². The van der Waals surface area contributed by atoms with Gasteiger partial charge in [-0.25, -0.2) is 0 Å². The van der Waals surface area contributed by atoms with Gasteiger partial charge in [0.25, 0.3) is 5.91 Å². The van der Waals surface area contributed by atoms with E-state index in [2.05, 4.69) is 10.6 Å². The smallest absolute Gasteiger partial charge is 0.255 e. The third-order valence-electron chi connectivity index (χ3n) is 3.77. The second-order valence-electron chi connectivity index (χ2n) is 5.71. The average Bonchev–Trinajstić information content (AvgIpc) is 3.21. The first kappa shape index (κ1) is 19.3. The number of halogens is 1. The summed E-state index contributed by atoms with van der Waals surface area (Å²) in [6.45, 7) is 0. The van der Waals surface area contributed by atoms with Gasteiger partial charge in [0.15, 0.2) is 0 Å². The van der Waals surface area contributed by atoms with E-state index < -0.39 is 0 Å². The minimum atomic E-state index is -0.323.